The molecule has 1 amide bonds. The van der Waals surface area contributed by atoms with E-state index in [0.717, 1.165) is 11.1 Å². The summed E-state index contributed by atoms with van der Waals surface area (Å²) in [5, 5.41) is 23.6. The van der Waals surface area contributed by atoms with Crippen molar-refractivity contribution < 1.29 is 19.8 Å². The Morgan fingerprint density at radius 3 is 2.48 bits per heavy atom. The van der Waals surface area contributed by atoms with Crippen LogP contribution in [0, 0.1) is 13.8 Å². The van der Waals surface area contributed by atoms with Crippen LogP contribution in [0.15, 0.2) is 18.2 Å². The summed E-state index contributed by atoms with van der Waals surface area (Å²) in [6.07, 6.45) is -0.871. The molecular weight excluding hydrogens is 272 g/mol. The summed E-state index contributed by atoms with van der Waals surface area (Å²) in [5.74, 6) is -1.50. The zero-order valence-corrected chi connectivity index (χ0v) is 12.5. The van der Waals surface area contributed by atoms with Crippen molar-refractivity contribution in [3.05, 3.63) is 29.3 Å². The molecule has 0 saturated carbocycles. The third-order valence-corrected chi connectivity index (χ3v) is 3.00. The molecule has 116 valence electrons. The van der Waals surface area contributed by atoms with Crippen LogP contribution in [-0.4, -0.2) is 40.8 Å². The smallest absolute Gasteiger partial charge is 0.321 e. The van der Waals surface area contributed by atoms with Gasteiger partial charge < -0.3 is 20.8 Å². The van der Waals surface area contributed by atoms with Gasteiger partial charge in [-0.05, 0) is 32.4 Å². The highest BCUT2D eigenvalue weighted by Gasteiger charge is 2.21. The summed E-state index contributed by atoms with van der Waals surface area (Å²) >= 11 is 0. The second-order valence-electron chi connectivity index (χ2n) is 5.22. The first-order chi connectivity index (χ1) is 9.79. The number of hydrogen-bond donors (Lipinski definition) is 4. The predicted octanol–water partition coefficient (Wildman–Crippen LogP) is 1.06. The number of benzene rings is 1. The minimum Gasteiger partial charge on any atom is -0.480 e. The van der Waals surface area contributed by atoms with E-state index in [1.165, 1.54) is 0 Å². The monoisotopic (exact) mass is 294 g/mol. The SMILES string of the molecule is Cc1ccc(NC(=O)CC(NCC(C)O)C(=O)O)c(C)c1. The fraction of sp³-hybridized carbons (Fsp3) is 0.467. The van der Waals surface area contributed by atoms with E-state index < -0.39 is 18.1 Å². The Morgan fingerprint density at radius 1 is 1.29 bits per heavy atom. The van der Waals surface area contributed by atoms with Gasteiger partial charge in [-0.3, -0.25) is 9.59 Å². The highest BCUT2D eigenvalue weighted by molar-refractivity contribution is 5.94. The van der Waals surface area contributed by atoms with Crippen molar-refractivity contribution in [3.8, 4) is 0 Å². The van der Waals surface area contributed by atoms with Crippen LogP contribution in [0.1, 0.15) is 24.5 Å². The summed E-state index contributed by atoms with van der Waals surface area (Å²) in [4.78, 5) is 23.0. The number of hydrogen-bond acceptors (Lipinski definition) is 4. The number of carbonyl (C=O) groups excluding carboxylic acids is 1. The molecule has 0 radical (unpaired) electrons. The fourth-order valence-electron chi connectivity index (χ4n) is 1.90. The number of nitrogens with one attached hydrogen (secondary N) is 2. The quantitative estimate of drug-likeness (QED) is 0.602. The highest BCUT2D eigenvalue weighted by atomic mass is 16.4. The molecule has 0 aliphatic carbocycles. The maximum Gasteiger partial charge on any atom is 0.321 e. The van der Waals surface area contributed by atoms with Gasteiger partial charge in [-0.15, -0.1) is 0 Å². The van der Waals surface area contributed by atoms with E-state index in [9.17, 15) is 9.59 Å². The summed E-state index contributed by atoms with van der Waals surface area (Å²) in [5.41, 5.74) is 2.69. The number of anilines is 1. The first kappa shape index (κ1) is 17.1. The van der Waals surface area contributed by atoms with E-state index in [0.29, 0.717) is 5.69 Å². The molecular formula is C15H22N2O4. The molecule has 0 saturated heterocycles. The van der Waals surface area contributed by atoms with E-state index in [2.05, 4.69) is 10.6 Å². The van der Waals surface area contributed by atoms with Crippen LogP contribution in [0.25, 0.3) is 0 Å². The van der Waals surface area contributed by atoms with E-state index >= 15 is 0 Å². The van der Waals surface area contributed by atoms with E-state index in [-0.39, 0.29) is 18.9 Å². The van der Waals surface area contributed by atoms with E-state index in [1.807, 2.05) is 26.0 Å². The van der Waals surface area contributed by atoms with Crippen LogP contribution < -0.4 is 10.6 Å². The molecule has 21 heavy (non-hydrogen) atoms. The number of carboxylic acid groups (broad SMARTS) is 1. The molecule has 0 bridgehead atoms. The lowest BCUT2D eigenvalue weighted by Crippen LogP contribution is -2.42. The highest BCUT2D eigenvalue weighted by Crippen LogP contribution is 2.16. The van der Waals surface area contributed by atoms with Gasteiger partial charge in [0.15, 0.2) is 0 Å². The van der Waals surface area contributed by atoms with E-state index in [4.69, 9.17) is 10.2 Å². The normalized spacial score (nSPS) is 13.5. The van der Waals surface area contributed by atoms with Crippen LogP contribution in [0.3, 0.4) is 0 Å². The molecule has 0 spiro atoms. The second kappa shape index (κ2) is 7.75. The van der Waals surface area contributed by atoms with Crippen LogP contribution in [0.5, 0.6) is 0 Å². The van der Waals surface area contributed by atoms with Gasteiger partial charge >= 0.3 is 5.97 Å². The second-order valence-corrected chi connectivity index (χ2v) is 5.22. The number of rotatable bonds is 7. The molecule has 4 N–H and O–H groups in total. The Morgan fingerprint density at radius 2 is 1.95 bits per heavy atom. The zero-order valence-electron chi connectivity index (χ0n) is 12.5. The number of carboxylic acids is 1. The van der Waals surface area contributed by atoms with Gasteiger partial charge in [0.05, 0.1) is 12.5 Å². The lowest BCUT2D eigenvalue weighted by atomic mass is 10.1. The van der Waals surface area contributed by atoms with Gasteiger partial charge in [0.25, 0.3) is 0 Å². The van der Waals surface area contributed by atoms with Crippen LogP contribution in [0.2, 0.25) is 0 Å². The number of amides is 1. The number of aryl methyl sites for hydroxylation is 2. The fourth-order valence-corrected chi connectivity index (χ4v) is 1.90. The molecule has 6 nitrogen and oxygen atoms in total. The largest absolute Gasteiger partial charge is 0.480 e. The molecule has 0 aromatic heterocycles. The van der Waals surface area contributed by atoms with Gasteiger partial charge in [-0.1, -0.05) is 17.7 Å². The summed E-state index contributed by atoms with van der Waals surface area (Å²) < 4.78 is 0. The van der Waals surface area contributed by atoms with Crippen molar-refractivity contribution in [2.45, 2.75) is 39.3 Å². The summed E-state index contributed by atoms with van der Waals surface area (Å²) in [7, 11) is 0. The Hall–Kier alpha value is -1.92. The Kier molecular flexibility index (Phi) is 6.33. The first-order valence-electron chi connectivity index (χ1n) is 6.81. The molecule has 1 aromatic rings. The Balaban J connectivity index is 2.63. The van der Waals surface area contributed by atoms with Crippen molar-refractivity contribution >= 4 is 17.6 Å². The van der Waals surface area contributed by atoms with Crippen molar-refractivity contribution in [1.82, 2.24) is 5.32 Å². The van der Waals surface area contributed by atoms with E-state index in [1.54, 1.807) is 13.0 Å². The lowest BCUT2D eigenvalue weighted by molar-refractivity contribution is -0.141. The van der Waals surface area contributed by atoms with Crippen molar-refractivity contribution in [1.29, 1.82) is 0 Å². The van der Waals surface area contributed by atoms with Gasteiger partial charge in [0.2, 0.25) is 5.91 Å². The number of carbonyl (C=O) groups is 2. The number of aliphatic carboxylic acids is 1. The average Bonchev–Trinajstić information content (AvgIpc) is 2.37. The summed E-state index contributed by atoms with van der Waals surface area (Å²) in [6.45, 7) is 5.50. The average molecular weight is 294 g/mol. The van der Waals surface area contributed by atoms with Gasteiger partial charge in [-0.25, -0.2) is 0 Å². The number of aliphatic hydroxyl groups excluding tert-OH is 1. The topological polar surface area (TPSA) is 98.7 Å². The third kappa shape index (κ3) is 5.93. The van der Waals surface area contributed by atoms with Gasteiger partial charge in [-0.2, -0.15) is 0 Å². The molecule has 1 aromatic carbocycles. The number of aliphatic hydroxyl groups is 1. The molecule has 6 heteroatoms. The standard InChI is InChI=1S/C15H22N2O4/c1-9-4-5-12(10(2)6-9)17-14(19)7-13(15(20)21)16-8-11(3)18/h4-6,11,13,16,18H,7-8H2,1-3H3,(H,17,19)(H,20,21). The molecule has 0 heterocycles. The van der Waals surface area contributed by atoms with Crippen LogP contribution >= 0.6 is 0 Å². The minimum absolute atomic E-state index is 0.119. The molecule has 2 atom stereocenters. The Bertz CT molecular complexity index is 514. The molecule has 0 aliphatic rings. The maximum atomic E-state index is 11.9. The maximum absolute atomic E-state index is 11.9. The van der Waals surface area contributed by atoms with Crippen molar-refractivity contribution in [2.75, 3.05) is 11.9 Å². The molecule has 0 fully saturated rings. The third-order valence-electron chi connectivity index (χ3n) is 3.00. The molecule has 2 unspecified atom stereocenters. The van der Waals surface area contributed by atoms with Gasteiger partial charge in [0.1, 0.15) is 6.04 Å². The van der Waals surface area contributed by atoms with Crippen LogP contribution in [-0.2, 0) is 9.59 Å². The molecule has 0 aliphatic heterocycles. The zero-order chi connectivity index (χ0) is 16.0. The summed E-state index contributed by atoms with van der Waals surface area (Å²) in [6, 6.07) is 4.59. The minimum atomic E-state index is -1.12. The predicted molar refractivity (Wildman–Crippen MR) is 80.3 cm³/mol. The molecule has 1 rings (SSSR count). The van der Waals surface area contributed by atoms with Crippen molar-refractivity contribution in [3.63, 3.8) is 0 Å². The van der Waals surface area contributed by atoms with Gasteiger partial charge in [0, 0.05) is 12.2 Å². The van der Waals surface area contributed by atoms with Crippen LogP contribution in [0.4, 0.5) is 5.69 Å². The lowest BCUT2D eigenvalue weighted by Gasteiger charge is -2.16. The first-order valence-corrected chi connectivity index (χ1v) is 6.81. The van der Waals surface area contributed by atoms with Crippen molar-refractivity contribution in [2.24, 2.45) is 0 Å². The Labute approximate surface area is 124 Å².